The molecule has 1 atom stereocenters. The first kappa shape index (κ1) is 22.8. The summed E-state index contributed by atoms with van der Waals surface area (Å²) in [6.45, 7) is 14.9. The Morgan fingerprint density at radius 3 is 2.63 bits per heavy atom. The number of pyridine rings is 1. The minimum Gasteiger partial charge on any atom is -0.444 e. The lowest BCUT2D eigenvalue weighted by Crippen LogP contribution is -2.47. The van der Waals surface area contributed by atoms with Gasteiger partial charge in [-0.25, -0.2) is 9.78 Å². The van der Waals surface area contributed by atoms with Crippen LogP contribution in [0.25, 0.3) is 6.08 Å². The highest BCUT2D eigenvalue weighted by molar-refractivity contribution is 5.77. The molecule has 1 saturated heterocycles. The molecule has 0 spiro atoms. The van der Waals surface area contributed by atoms with E-state index in [1.165, 1.54) is 0 Å². The van der Waals surface area contributed by atoms with Crippen LogP contribution in [0.2, 0.25) is 0 Å². The molecule has 0 aliphatic carbocycles. The van der Waals surface area contributed by atoms with Gasteiger partial charge in [0.15, 0.2) is 0 Å². The summed E-state index contributed by atoms with van der Waals surface area (Å²) in [5.41, 5.74) is 1.56. The van der Waals surface area contributed by atoms with Crippen LogP contribution in [0.3, 0.4) is 0 Å². The van der Waals surface area contributed by atoms with Gasteiger partial charge in [-0.15, -0.1) is 0 Å². The van der Waals surface area contributed by atoms with E-state index >= 15 is 0 Å². The number of hydrogen-bond acceptors (Lipinski definition) is 5. The van der Waals surface area contributed by atoms with E-state index in [1.807, 2.05) is 65.8 Å². The third-order valence-electron chi connectivity index (χ3n) is 4.04. The van der Waals surface area contributed by atoms with Crippen molar-refractivity contribution in [3.8, 4) is 0 Å². The molecule has 1 amide bonds. The molecule has 1 aliphatic rings. The molecule has 0 saturated carbocycles. The van der Waals surface area contributed by atoms with Crippen LogP contribution < -0.4 is 10.2 Å². The number of nitrogens with one attached hydrogen (secondary N) is 1. The van der Waals surface area contributed by atoms with Gasteiger partial charge in [0.05, 0.1) is 5.69 Å². The smallest absolute Gasteiger partial charge is 0.410 e. The Morgan fingerprint density at radius 1 is 1.41 bits per heavy atom. The third kappa shape index (κ3) is 6.77. The maximum absolute atomic E-state index is 12.3. The van der Waals surface area contributed by atoms with Gasteiger partial charge in [0.2, 0.25) is 0 Å². The van der Waals surface area contributed by atoms with E-state index in [0.29, 0.717) is 6.54 Å². The Hall–Kier alpha value is -2.24. The summed E-state index contributed by atoms with van der Waals surface area (Å²) >= 11 is 0. The molecule has 6 heteroatoms. The van der Waals surface area contributed by atoms with Gasteiger partial charge < -0.3 is 19.9 Å². The summed E-state index contributed by atoms with van der Waals surface area (Å²) in [4.78, 5) is 20.6. The van der Waals surface area contributed by atoms with Gasteiger partial charge in [-0.05, 0) is 39.7 Å². The van der Waals surface area contributed by atoms with E-state index in [4.69, 9.17) is 4.74 Å². The second kappa shape index (κ2) is 10.2. The lowest BCUT2D eigenvalue weighted by Gasteiger charge is -2.35. The van der Waals surface area contributed by atoms with Gasteiger partial charge in [0.1, 0.15) is 11.4 Å². The Labute approximate surface area is 164 Å². The van der Waals surface area contributed by atoms with E-state index in [2.05, 4.69) is 16.9 Å². The average Bonchev–Trinajstić information content (AvgIpc) is 2.61. The van der Waals surface area contributed by atoms with Crippen LogP contribution in [-0.4, -0.2) is 54.8 Å². The lowest BCUT2D eigenvalue weighted by atomic mass is 10.1. The molecule has 2 rings (SSSR count). The Morgan fingerprint density at radius 2 is 2.07 bits per heavy atom. The van der Waals surface area contributed by atoms with Crippen LogP contribution in [0.5, 0.6) is 0 Å². The largest absolute Gasteiger partial charge is 0.444 e. The highest BCUT2D eigenvalue weighted by Gasteiger charge is 2.28. The van der Waals surface area contributed by atoms with Crippen molar-refractivity contribution in [3.05, 3.63) is 24.4 Å². The minimum absolute atomic E-state index is 0.146. The number of nitrogens with zero attached hydrogens (tertiary/aromatic N) is 3. The predicted octanol–water partition coefficient (Wildman–Crippen LogP) is 4.63. The number of aromatic nitrogens is 1. The number of ether oxygens (including phenoxy) is 1. The van der Waals surface area contributed by atoms with Crippen molar-refractivity contribution < 1.29 is 9.53 Å². The van der Waals surface area contributed by atoms with Crippen molar-refractivity contribution in [1.82, 2.24) is 9.88 Å². The van der Waals surface area contributed by atoms with Crippen LogP contribution >= 0.6 is 0 Å². The first-order valence-electron chi connectivity index (χ1n) is 9.74. The summed E-state index contributed by atoms with van der Waals surface area (Å²) in [7, 11) is 3.98. The van der Waals surface area contributed by atoms with Gasteiger partial charge in [0.25, 0.3) is 0 Å². The zero-order valence-electron chi connectivity index (χ0n) is 18.0. The van der Waals surface area contributed by atoms with Crippen LogP contribution in [0.15, 0.2) is 18.8 Å². The molecule has 1 unspecified atom stereocenters. The Balaban J connectivity index is 0.00000176. The maximum atomic E-state index is 12.3. The fourth-order valence-corrected chi connectivity index (χ4v) is 2.99. The molecule has 1 aromatic rings. The quantitative estimate of drug-likeness (QED) is 0.830. The highest BCUT2D eigenvalue weighted by atomic mass is 16.6. The molecule has 1 fully saturated rings. The van der Waals surface area contributed by atoms with Gasteiger partial charge in [-0.1, -0.05) is 26.5 Å². The second-order valence-electron chi connectivity index (χ2n) is 7.61. The number of hydrogen-bond donors (Lipinski definition) is 1. The molecule has 0 radical (unpaired) electrons. The van der Waals surface area contributed by atoms with Crippen molar-refractivity contribution in [3.63, 3.8) is 0 Å². The van der Waals surface area contributed by atoms with E-state index in [1.54, 1.807) is 11.1 Å². The summed E-state index contributed by atoms with van der Waals surface area (Å²) in [6, 6.07) is 2.09. The fraction of sp³-hybridized carbons (Fsp3) is 0.619. The zero-order valence-corrected chi connectivity index (χ0v) is 18.0. The SMILES string of the molecule is C=Cc1ccnc(NC2CCCN(C(=O)OC(C)(C)C)C2)c1N(C)C.CC. The Bertz CT molecular complexity index is 623. The number of rotatable bonds is 4. The topological polar surface area (TPSA) is 57.7 Å². The summed E-state index contributed by atoms with van der Waals surface area (Å²) in [6.07, 6.45) is 5.29. The number of carbonyl (C=O) groups excluding carboxylic acids is 1. The molecule has 1 N–H and O–H groups in total. The number of carbonyl (C=O) groups is 1. The third-order valence-corrected chi connectivity index (χ3v) is 4.04. The first-order chi connectivity index (χ1) is 12.7. The van der Waals surface area contributed by atoms with Crippen molar-refractivity contribution >= 4 is 23.7 Å². The van der Waals surface area contributed by atoms with Crippen molar-refractivity contribution in [2.45, 2.75) is 59.1 Å². The second-order valence-corrected chi connectivity index (χ2v) is 7.61. The highest BCUT2D eigenvalue weighted by Crippen LogP contribution is 2.29. The van der Waals surface area contributed by atoms with Gasteiger partial charge in [-0.3, -0.25) is 0 Å². The van der Waals surface area contributed by atoms with Crippen molar-refractivity contribution in [2.75, 3.05) is 37.4 Å². The molecular formula is C21H36N4O2. The van der Waals surface area contributed by atoms with E-state index in [-0.39, 0.29) is 12.1 Å². The number of amides is 1. The molecular weight excluding hydrogens is 340 g/mol. The van der Waals surface area contributed by atoms with Crippen LogP contribution in [0, 0.1) is 0 Å². The molecule has 0 aromatic carbocycles. The Kier molecular flexibility index (Phi) is 8.60. The monoisotopic (exact) mass is 376 g/mol. The zero-order chi connectivity index (χ0) is 20.6. The number of likely N-dealkylation sites (tertiary alicyclic amines) is 1. The van der Waals surface area contributed by atoms with Crippen molar-refractivity contribution in [2.24, 2.45) is 0 Å². The lowest BCUT2D eigenvalue weighted by molar-refractivity contribution is 0.0206. The average molecular weight is 377 g/mol. The molecule has 1 aliphatic heterocycles. The maximum Gasteiger partial charge on any atom is 0.410 e. The van der Waals surface area contributed by atoms with Gasteiger partial charge >= 0.3 is 6.09 Å². The standard InChI is InChI=1S/C19H30N4O2.C2H6/c1-7-14-10-11-20-17(16(14)22(5)6)21-15-9-8-12-23(13-15)18(24)25-19(2,3)4;1-2/h7,10-11,15H,1,8-9,12-13H2,2-6H3,(H,20,21);1-2H3. The summed E-state index contributed by atoms with van der Waals surface area (Å²) < 4.78 is 5.50. The van der Waals surface area contributed by atoms with E-state index in [9.17, 15) is 4.79 Å². The molecule has 27 heavy (non-hydrogen) atoms. The minimum atomic E-state index is -0.477. The van der Waals surface area contributed by atoms with Crippen molar-refractivity contribution in [1.29, 1.82) is 0 Å². The van der Waals surface area contributed by atoms with Crippen LogP contribution in [-0.2, 0) is 4.74 Å². The number of piperidine rings is 1. The normalized spacial score (nSPS) is 16.7. The van der Waals surface area contributed by atoms with E-state index < -0.39 is 5.60 Å². The van der Waals surface area contributed by atoms with Gasteiger partial charge in [-0.2, -0.15) is 0 Å². The van der Waals surface area contributed by atoms with E-state index in [0.717, 1.165) is 36.5 Å². The van der Waals surface area contributed by atoms with Crippen LogP contribution in [0.4, 0.5) is 16.3 Å². The molecule has 2 heterocycles. The molecule has 152 valence electrons. The van der Waals surface area contributed by atoms with Gasteiger partial charge in [0, 0.05) is 45.0 Å². The van der Waals surface area contributed by atoms with Crippen LogP contribution in [0.1, 0.15) is 53.0 Å². The first-order valence-corrected chi connectivity index (χ1v) is 9.74. The molecule has 6 nitrogen and oxygen atoms in total. The number of anilines is 2. The molecule has 1 aromatic heterocycles. The fourth-order valence-electron chi connectivity index (χ4n) is 2.99. The molecule has 0 bridgehead atoms. The summed E-state index contributed by atoms with van der Waals surface area (Å²) in [5, 5.41) is 3.50. The predicted molar refractivity (Wildman–Crippen MR) is 114 cm³/mol. The summed E-state index contributed by atoms with van der Waals surface area (Å²) in [5.74, 6) is 0.818.